The Morgan fingerprint density at radius 1 is 1.10 bits per heavy atom. The van der Waals surface area contributed by atoms with Gasteiger partial charge in [0, 0.05) is 49.6 Å². The standard InChI is InChI=1S/C16H22N4O/c21-16-17-8-10-20(16)15-3-1-12(2-4-15)18-13-7-9-19(11-13)14-5-6-14/h1-4,13-14,18H,5-11H2,(H,17,21). The van der Waals surface area contributed by atoms with Crippen molar-refractivity contribution >= 4 is 17.4 Å². The van der Waals surface area contributed by atoms with Gasteiger partial charge in [-0.15, -0.1) is 0 Å². The van der Waals surface area contributed by atoms with Crippen molar-refractivity contribution in [2.45, 2.75) is 31.3 Å². The van der Waals surface area contributed by atoms with E-state index in [0.717, 1.165) is 30.5 Å². The molecule has 21 heavy (non-hydrogen) atoms. The Bertz CT molecular complexity index is 526. The number of carbonyl (C=O) groups is 1. The predicted molar refractivity (Wildman–Crippen MR) is 83.8 cm³/mol. The van der Waals surface area contributed by atoms with Crippen molar-refractivity contribution in [3.8, 4) is 0 Å². The molecule has 0 aromatic heterocycles. The van der Waals surface area contributed by atoms with Gasteiger partial charge in [-0.2, -0.15) is 0 Å². The van der Waals surface area contributed by atoms with Crippen LogP contribution in [0.5, 0.6) is 0 Å². The van der Waals surface area contributed by atoms with E-state index >= 15 is 0 Å². The fourth-order valence-electron chi connectivity index (χ4n) is 3.37. The Morgan fingerprint density at radius 3 is 2.57 bits per heavy atom. The molecule has 5 heteroatoms. The summed E-state index contributed by atoms with van der Waals surface area (Å²) in [6.45, 7) is 3.89. The highest BCUT2D eigenvalue weighted by molar-refractivity contribution is 5.94. The number of anilines is 2. The van der Waals surface area contributed by atoms with Crippen LogP contribution in [0, 0.1) is 0 Å². The minimum atomic E-state index is 0.00609. The minimum Gasteiger partial charge on any atom is -0.381 e. The summed E-state index contributed by atoms with van der Waals surface area (Å²) < 4.78 is 0. The molecule has 1 atom stereocenters. The highest BCUT2D eigenvalue weighted by Gasteiger charge is 2.34. The molecule has 2 aliphatic heterocycles. The van der Waals surface area contributed by atoms with Crippen LogP contribution in [0.1, 0.15) is 19.3 Å². The number of urea groups is 1. The van der Waals surface area contributed by atoms with Crippen LogP contribution >= 0.6 is 0 Å². The van der Waals surface area contributed by atoms with E-state index in [-0.39, 0.29) is 6.03 Å². The first kappa shape index (κ1) is 13.0. The van der Waals surface area contributed by atoms with Crippen LogP contribution in [0.25, 0.3) is 0 Å². The molecule has 1 aromatic rings. The molecule has 2 N–H and O–H groups in total. The van der Waals surface area contributed by atoms with Crippen LogP contribution in [0.4, 0.5) is 16.2 Å². The zero-order valence-electron chi connectivity index (χ0n) is 12.2. The van der Waals surface area contributed by atoms with Crippen LogP contribution in [0.15, 0.2) is 24.3 Å². The topological polar surface area (TPSA) is 47.6 Å². The molecule has 3 aliphatic rings. The number of rotatable bonds is 4. The molecule has 0 bridgehead atoms. The maximum Gasteiger partial charge on any atom is 0.321 e. The first-order valence-corrected chi connectivity index (χ1v) is 7.95. The van der Waals surface area contributed by atoms with Crippen molar-refractivity contribution in [3.05, 3.63) is 24.3 Å². The van der Waals surface area contributed by atoms with Gasteiger partial charge < -0.3 is 10.6 Å². The third-order valence-electron chi connectivity index (χ3n) is 4.69. The lowest BCUT2D eigenvalue weighted by molar-refractivity contribution is 0.252. The van der Waals surface area contributed by atoms with E-state index in [1.54, 1.807) is 4.90 Å². The van der Waals surface area contributed by atoms with Crippen molar-refractivity contribution in [2.24, 2.45) is 0 Å². The lowest BCUT2D eigenvalue weighted by Gasteiger charge is -2.18. The van der Waals surface area contributed by atoms with Gasteiger partial charge in [0.15, 0.2) is 0 Å². The molecule has 3 fully saturated rings. The first-order valence-electron chi connectivity index (χ1n) is 7.95. The number of hydrogen-bond acceptors (Lipinski definition) is 3. The maximum absolute atomic E-state index is 11.6. The van der Waals surface area contributed by atoms with E-state index in [1.165, 1.54) is 32.4 Å². The molecule has 1 aromatic carbocycles. The van der Waals surface area contributed by atoms with E-state index in [4.69, 9.17) is 0 Å². The van der Waals surface area contributed by atoms with Gasteiger partial charge in [0.25, 0.3) is 0 Å². The Kier molecular flexibility index (Phi) is 3.22. The van der Waals surface area contributed by atoms with E-state index in [9.17, 15) is 4.79 Å². The second kappa shape index (κ2) is 5.22. The van der Waals surface area contributed by atoms with Crippen LogP contribution in [0.3, 0.4) is 0 Å². The van der Waals surface area contributed by atoms with Gasteiger partial charge in [0.2, 0.25) is 0 Å². The van der Waals surface area contributed by atoms with Crippen LogP contribution in [0.2, 0.25) is 0 Å². The SMILES string of the molecule is O=C1NCCN1c1ccc(NC2CCN(C3CC3)C2)cc1. The number of hydrogen-bond donors (Lipinski definition) is 2. The quantitative estimate of drug-likeness (QED) is 0.888. The summed E-state index contributed by atoms with van der Waals surface area (Å²) >= 11 is 0. The Hall–Kier alpha value is -1.75. The summed E-state index contributed by atoms with van der Waals surface area (Å²) in [6, 6.07) is 9.66. The highest BCUT2D eigenvalue weighted by Crippen LogP contribution is 2.30. The summed E-state index contributed by atoms with van der Waals surface area (Å²) in [6.07, 6.45) is 4.01. The van der Waals surface area contributed by atoms with Gasteiger partial charge >= 0.3 is 6.03 Å². The molecule has 1 unspecified atom stereocenters. The van der Waals surface area contributed by atoms with Gasteiger partial charge in [-0.05, 0) is 43.5 Å². The third kappa shape index (κ3) is 2.70. The molecule has 1 saturated carbocycles. The van der Waals surface area contributed by atoms with Gasteiger partial charge in [-0.25, -0.2) is 4.79 Å². The number of amides is 2. The van der Waals surface area contributed by atoms with Crippen LogP contribution < -0.4 is 15.5 Å². The van der Waals surface area contributed by atoms with Crippen LogP contribution in [-0.4, -0.2) is 49.2 Å². The van der Waals surface area contributed by atoms with E-state index in [0.29, 0.717) is 6.04 Å². The number of benzene rings is 1. The molecule has 0 radical (unpaired) electrons. The molecule has 2 saturated heterocycles. The summed E-state index contributed by atoms with van der Waals surface area (Å²) in [7, 11) is 0. The summed E-state index contributed by atoms with van der Waals surface area (Å²) in [5, 5.41) is 6.45. The number of carbonyl (C=O) groups excluding carboxylic acids is 1. The zero-order chi connectivity index (χ0) is 14.2. The third-order valence-corrected chi connectivity index (χ3v) is 4.69. The van der Waals surface area contributed by atoms with Crippen molar-refractivity contribution in [2.75, 3.05) is 36.4 Å². The number of nitrogens with zero attached hydrogens (tertiary/aromatic N) is 2. The van der Waals surface area contributed by atoms with E-state index < -0.39 is 0 Å². The normalized spacial score (nSPS) is 26.2. The number of nitrogens with one attached hydrogen (secondary N) is 2. The molecule has 4 rings (SSSR count). The largest absolute Gasteiger partial charge is 0.381 e. The number of likely N-dealkylation sites (tertiary alicyclic amines) is 1. The molecular formula is C16H22N4O. The second-order valence-corrected chi connectivity index (χ2v) is 6.29. The Morgan fingerprint density at radius 2 is 1.90 bits per heavy atom. The molecule has 0 spiro atoms. The van der Waals surface area contributed by atoms with Gasteiger partial charge in [-0.3, -0.25) is 9.80 Å². The van der Waals surface area contributed by atoms with Crippen molar-refractivity contribution in [3.63, 3.8) is 0 Å². The van der Waals surface area contributed by atoms with Crippen molar-refractivity contribution < 1.29 is 4.79 Å². The summed E-state index contributed by atoms with van der Waals surface area (Å²) in [5.41, 5.74) is 2.13. The molecule has 5 nitrogen and oxygen atoms in total. The lowest BCUT2D eigenvalue weighted by atomic mass is 10.2. The predicted octanol–water partition coefficient (Wildman–Crippen LogP) is 1.86. The Balaban J connectivity index is 1.36. The molecule has 1 aliphatic carbocycles. The molecule has 112 valence electrons. The van der Waals surface area contributed by atoms with Gasteiger partial charge in [-0.1, -0.05) is 0 Å². The molecule has 2 amide bonds. The monoisotopic (exact) mass is 286 g/mol. The van der Waals surface area contributed by atoms with Gasteiger partial charge in [0.05, 0.1) is 0 Å². The average molecular weight is 286 g/mol. The van der Waals surface area contributed by atoms with E-state index in [2.05, 4.69) is 27.7 Å². The van der Waals surface area contributed by atoms with Crippen molar-refractivity contribution in [1.29, 1.82) is 0 Å². The molecular weight excluding hydrogens is 264 g/mol. The van der Waals surface area contributed by atoms with Gasteiger partial charge in [0.1, 0.15) is 0 Å². The Labute approximate surface area is 125 Å². The fraction of sp³-hybridized carbons (Fsp3) is 0.562. The van der Waals surface area contributed by atoms with E-state index in [1.807, 2.05) is 12.1 Å². The zero-order valence-corrected chi connectivity index (χ0v) is 12.2. The minimum absolute atomic E-state index is 0.00609. The highest BCUT2D eigenvalue weighted by atomic mass is 16.2. The maximum atomic E-state index is 11.6. The smallest absolute Gasteiger partial charge is 0.321 e. The summed E-state index contributed by atoms with van der Waals surface area (Å²) in [4.78, 5) is 16.0. The van der Waals surface area contributed by atoms with Crippen molar-refractivity contribution in [1.82, 2.24) is 10.2 Å². The first-order chi connectivity index (χ1) is 10.3. The second-order valence-electron chi connectivity index (χ2n) is 6.29. The average Bonchev–Trinajstić information content (AvgIpc) is 3.10. The van der Waals surface area contributed by atoms with Crippen LogP contribution in [-0.2, 0) is 0 Å². The summed E-state index contributed by atoms with van der Waals surface area (Å²) in [5.74, 6) is 0. The molecule has 2 heterocycles. The lowest BCUT2D eigenvalue weighted by Crippen LogP contribution is -2.28. The fourth-order valence-corrected chi connectivity index (χ4v) is 3.37.